The van der Waals surface area contributed by atoms with Crippen molar-refractivity contribution >= 4 is 5.69 Å². The summed E-state index contributed by atoms with van der Waals surface area (Å²) in [5.41, 5.74) is -1.43. The molecule has 0 atom stereocenters. The number of non-ortho nitro benzene ring substituents is 1. The fraction of sp³-hybridized carbons (Fsp3) is 0.400. The van der Waals surface area contributed by atoms with Gasteiger partial charge < -0.3 is 9.84 Å². The molecular formula is C10H12FNO4. The lowest BCUT2D eigenvalue weighted by Crippen LogP contribution is -2.28. The van der Waals surface area contributed by atoms with Gasteiger partial charge in [0.2, 0.25) is 0 Å². The molecule has 0 aliphatic heterocycles. The molecule has 0 heterocycles. The second kappa shape index (κ2) is 4.44. The lowest BCUT2D eigenvalue weighted by atomic mass is 10.2. The molecule has 1 aromatic rings. The molecule has 0 spiro atoms. The Bertz CT molecular complexity index is 400. The SMILES string of the molecule is CC(C)(O)COc1ccc([N+](=O)[O-])cc1F. The van der Waals surface area contributed by atoms with E-state index in [0.29, 0.717) is 0 Å². The maximum atomic E-state index is 13.3. The van der Waals surface area contributed by atoms with Crippen molar-refractivity contribution in [3.8, 4) is 5.75 Å². The Morgan fingerprint density at radius 3 is 2.62 bits per heavy atom. The molecule has 1 N–H and O–H groups in total. The van der Waals surface area contributed by atoms with E-state index in [9.17, 15) is 19.6 Å². The highest BCUT2D eigenvalue weighted by atomic mass is 19.1. The summed E-state index contributed by atoms with van der Waals surface area (Å²) in [5.74, 6) is -0.939. The van der Waals surface area contributed by atoms with Crippen molar-refractivity contribution in [2.24, 2.45) is 0 Å². The average molecular weight is 229 g/mol. The van der Waals surface area contributed by atoms with Gasteiger partial charge in [0.15, 0.2) is 11.6 Å². The quantitative estimate of drug-likeness (QED) is 0.632. The van der Waals surface area contributed by atoms with E-state index in [1.807, 2.05) is 0 Å². The minimum Gasteiger partial charge on any atom is -0.488 e. The van der Waals surface area contributed by atoms with Gasteiger partial charge in [-0.25, -0.2) is 4.39 Å². The molecule has 0 aliphatic rings. The Hall–Kier alpha value is -1.69. The molecule has 16 heavy (non-hydrogen) atoms. The van der Waals surface area contributed by atoms with Gasteiger partial charge in [-0.3, -0.25) is 10.1 Å². The maximum absolute atomic E-state index is 13.3. The van der Waals surface area contributed by atoms with Crippen LogP contribution in [-0.4, -0.2) is 22.2 Å². The first kappa shape index (κ1) is 12.4. The van der Waals surface area contributed by atoms with Gasteiger partial charge in [-0.15, -0.1) is 0 Å². The van der Waals surface area contributed by atoms with E-state index in [-0.39, 0.29) is 18.0 Å². The third-order valence-corrected chi connectivity index (χ3v) is 1.71. The molecule has 0 unspecified atom stereocenters. The Balaban J connectivity index is 2.80. The molecule has 6 heteroatoms. The molecule has 0 aromatic heterocycles. The third-order valence-electron chi connectivity index (χ3n) is 1.71. The molecule has 88 valence electrons. The van der Waals surface area contributed by atoms with Crippen LogP contribution in [0.3, 0.4) is 0 Å². The number of nitro benzene ring substituents is 1. The van der Waals surface area contributed by atoms with Crippen LogP contribution in [0.5, 0.6) is 5.75 Å². The van der Waals surface area contributed by atoms with Crippen molar-refractivity contribution in [3.05, 3.63) is 34.1 Å². The summed E-state index contributed by atoms with van der Waals surface area (Å²) < 4.78 is 18.3. The van der Waals surface area contributed by atoms with E-state index < -0.39 is 16.3 Å². The highest BCUT2D eigenvalue weighted by Gasteiger charge is 2.16. The van der Waals surface area contributed by atoms with Crippen LogP contribution < -0.4 is 4.74 Å². The van der Waals surface area contributed by atoms with Crippen LogP contribution in [0, 0.1) is 15.9 Å². The van der Waals surface area contributed by atoms with E-state index in [1.165, 1.54) is 19.9 Å². The zero-order valence-electron chi connectivity index (χ0n) is 8.94. The lowest BCUT2D eigenvalue weighted by molar-refractivity contribution is -0.385. The fourth-order valence-corrected chi connectivity index (χ4v) is 0.975. The monoisotopic (exact) mass is 229 g/mol. The van der Waals surface area contributed by atoms with Crippen LogP contribution in [-0.2, 0) is 0 Å². The summed E-state index contributed by atoms with van der Waals surface area (Å²) in [4.78, 5) is 9.65. The van der Waals surface area contributed by atoms with Gasteiger partial charge >= 0.3 is 0 Å². The molecule has 1 aromatic carbocycles. The molecule has 0 aliphatic carbocycles. The Labute approximate surface area is 91.6 Å². The number of hydrogen-bond acceptors (Lipinski definition) is 4. The van der Waals surface area contributed by atoms with Crippen molar-refractivity contribution in [2.45, 2.75) is 19.4 Å². The number of aliphatic hydroxyl groups is 1. The van der Waals surface area contributed by atoms with E-state index in [4.69, 9.17) is 4.74 Å². The number of rotatable bonds is 4. The summed E-state index contributed by atoms with van der Waals surface area (Å²) in [6.07, 6.45) is 0. The van der Waals surface area contributed by atoms with Crippen molar-refractivity contribution < 1.29 is 19.2 Å². The number of halogens is 1. The summed E-state index contributed by atoms with van der Waals surface area (Å²) >= 11 is 0. The van der Waals surface area contributed by atoms with Gasteiger partial charge in [-0.05, 0) is 19.9 Å². The molecule has 0 bridgehead atoms. The zero-order chi connectivity index (χ0) is 12.3. The van der Waals surface area contributed by atoms with Crippen molar-refractivity contribution in [1.29, 1.82) is 0 Å². The summed E-state index contributed by atoms with van der Waals surface area (Å²) in [7, 11) is 0. The first-order chi connectivity index (χ1) is 7.29. The minimum atomic E-state index is -1.09. The Kier molecular flexibility index (Phi) is 3.44. The Morgan fingerprint density at radius 2 is 2.19 bits per heavy atom. The normalized spacial score (nSPS) is 11.2. The molecule has 0 radical (unpaired) electrons. The highest BCUT2D eigenvalue weighted by molar-refractivity contribution is 5.37. The molecule has 0 saturated heterocycles. The van der Waals surface area contributed by atoms with Crippen LogP contribution in [0.25, 0.3) is 0 Å². The van der Waals surface area contributed by atoms with Gasteiger partial charge in [0.05, 0.1) is 16.6 Å². The van der Waals surface area contributed by atoms with Crippen molar-refractivity contribution in [3.63, 3.8) is 0 Å². The summed E-state index contributed by atoms with van der Waals surface area (Å²) in [6.45, 7) is 2.92. The molecule has 5 nitrogen and oxygen atoms in total. The first-order valence-corrected chi connectivity index (χ1v) is 4.59. The largest absolute Gasteiger partial charge is 0.488 e. The van der Waals surface area contributed by atoms with Gasteiger partial charge in [0, 0.05) is 6.07 Å². The molecule has 0 saturated carbocycles. The number of hydrogen-bond donors (Lipinski definition) is 1. The first-order valence-electron chi connectivity index (χ1n) is 4.59. The van der Waals surface area contributed by atoms with Gasteiger partial charge in [-0.2, -0.15) is 0 Å². The van der Waals surface area contributed by atoms with Gasteiger partial charge in [-0.1, -0.05) is 0 Å². The van der Waals surface area contributed by atoms with E-state index in [0.717, 1.165) is 12.1 Å². The number of nitro groups is 1. The number of nitrogens with zero attached hydrogens (tertiary/aromatic N) is 1. The summed E-state index contributed by atoms with van der Waals surface area (Å²) in [5, 5.41) is 19.7. The van der Waals surface area contributed by atoms with E-state index in [2.05, 4.69) is 0 Å². The Morgan fingerprint density at radius 1 is 1.56 bits per heavy atom. The lowest BCUT2D eigenvalue weighted by Gasteiger charge is -2.17. The standard InChI is InChI=1S/C10H12FNO4/c1-10(2,13)6-16-9-4-3-7(12(14)15)5-8(9)11/h3-5,13H,6H2,1-2H3. The molecule has 0 amide bonds. The number of benzene rings is 1. The van der Waals surface area contributed by atoms with Crippen molar-refractivity contribution in [2.75, 3.05) is 6.61 Å². The van der Waals surface area contributed by atoms with E-state index in [1.54, 1.807) is 0 Å². The van der Waals surface area contributed by atoms with Crippen LogP contribution in [0.1, 0.15) is 13.8 Å². The van der Waals surface area contributed by atoms with Gasteiger partial charge in [0.1, 0.15) is 6.61 Å². The number of ether oxygens (including phenoxy) is 1. The van der Waals surface area contributed by atoms with Crippen LogP contribution >= 0.6 is 0 Å². The predicted molar refractivity (Wildman–Crippen MR) is 54.8 cm³/mol. The molecule has 1 rings (SSSR count). The maximum Gasteiger partial charge on any atom is 0.272 e. The fourth-order valence-electron chi connectivity index (χ4n) is 0.975. The molecular weight excluding hydrogens is 217 g/mol. The third kappa shape index (κ3) is 3.47. The van der Waals surface area contributed by atoms with Gasteiger partial charge in [0.25, 0.3) is 5.69 Å². The minimum absolute atomic E-state index is 0.0955. The predicted octanol–water partition coefficient (Wildman–Crippen LogP) is 1.88. The second-order valence-electron chi connectivity index (χ2n) is 3.97. The highest BCUT2D eigenvalue weighted by Crippen LogP contribution is 2.23. The van der Waals surface area contributed by atoms with Crippen molar-refractivity contribution in [1.82, 2.24) is 0 Å². The smallest absolute Gasteiger partial charge is 0.272 e. The summed E-state index contributed by atoms with van der Waals surface area (Å²) in [6, 6.07) is 3.09. The average Bonchev–Trinajstić information content (AvgIpc) is 2.14. The van der Waals surface area contributed by atoms with E-state index >= 15 is 0 Å². The molecule has 0 fully saturated rings. The second-order valence-corrected chi connectivity index (χ2v) is 3.97. The van der Waals surface area contributed by atoms with Crippen LogP contribution in [0.4, 0.5) is 10.1 Å². The topological polar surface area (TPSA) is 72.6 Å². The van der Waals surface area contributed by atoms with Crippen LogP contribution in [0.2, 0.25) is 0 Å². The zero-order valence-corrected chi connectivity index (χ0v) is 8.94. The van der Waals surface area contributed by atoms with Crippen LogP contribution in [0.15, 0.2) is 18.2 Å².